The predicted molar refractivity (Wildman–Crippen MR) is 75.5 cm³/mol. The van der Waals surface area contributed by atoms with Crippen LogP contribution in [-0.2, 0) is 11.3 Å². The van der Waals surface area contributed by atoms with Crippen molar-refractivity contribution >= 4 is 16.9 Å². The number of piperidine rings is 1. The Kier molecular flexibility index (Phi) is 3.41. The van der Waals surface area contributed by atoms with E-state index in [1.54, 1.807) is 6.08 Å². The van der Waals surface area contributed by atoms with Gasteiger partial charge in [0.25, 0.3) is 0 Å². The SMILES string of the molecule is N#Cc1ccccc1CN1CCC2SC(=O)C=C2C1. The van der Waals surface area contributed by atoms with Gasteiger partial charge in [0.15, 0.2) is 0 Å². The summed E-state index contributed by atoms with van der Waals surface area (Å²) in [5.74, 6) is 0. The number of likely N-dealkylation sites (tertiary alicyclic amines) is 1. The van der Waals surface area contributed by atoms with Crippen molar-refractivity contribution in [2.24, 2.45) is 0 Å². The quantitative estimate of drug-likeness (QED) is 0.827. The molecule has 1 saturated heterocycles. The van der Waals surface area contributed by atoms with Crippen LogP contribution >= 0.6 is 11.8 Å². The summed E-state index contributed by atoms with van der Waals surface area (Å²) in [7, 11) is 0. The molecular formula is C15H14N2OS. The first-order valence-electron chi connectivity index (χ1n) is 6.37. The summed E-state index contributed by atoms with van der Waals surface area (Å²) in [4.78, 5) is 13.7. The summed E-state index contributed by atoms with van der Waals surface area (Å²) in [6, 6.07) is 9.97. The van der Waals surface area contributed by atoms with E-state index in [4.69, 9.17) is 5.26 Å². The zero-order valence-corrected chi connectivity index (χ0v) is 11.3. The number of carbonyl (C=O) groups excluding carboxylic acids is 1. The molecule has 0 bridgehead atoms. The van der Waals surface area contributed by atoms with Crippen LogP contribution in [0.5, 0.6) is 0 Å². The molecule has 1 unspecified atom stereocenters. The Hall–Kier alpha value is -1.57. The van der Waals surface area contributed by atoms with Gasteiger partial charge in [-0.15, -0.1) is 0 Å². The van der Waals surface area contributed by atoms with Gasteiger partial charge in [0, 0.05) is 24.9 Å². The van der Waals surface area contributed by atoms with Crippen molar-refractivity contribution in [3.8, 4) is 6.07 Å². The lowest BCUT2D eigenvalue weighted by atomic mass is 10.0. The molecule has 2 aliphatic heterocycles. The average molecular weight is 270 g/mol. The fraction of sp³-hybridized carbons (Fsp3) is 0.333. The standard InChI is InChI=1S/C15H14N2OS/c16-8-11-3-1-2-4-12(11)9-17-6-5-14-13(10-17)7-15(18)19-14/h1-4,7,14H,5-6,9-10H2. The molecule has 0 N–H and O–H groups in total. The molecule has 0 aliphatic carbocycles. The molecule has 2 aliphatic rings. The molecule has 3 rings (SSSR count). The van der Waals surface area contributed by atoms with Crippen molar-refractivity contribution in [1.29, 1.82) is 5.26 Å². The molecule has 0 aromatic heterocycles. The number of carbonyl (C=O) groups is 1. The normalized spacial score (nSPS) is 22.8. The third-order valence-electron chi connectivity index (χ3n) is 3.62. The van der Waals surface area contributed by atoms with Crippen LogP contribution in [0.2, 0.25) is 0 Å². The maximum absolute atomic E-state index is 11.4. The summed E-state index contributed by atoms with van der Waals surface area (Å²) < 4.78 is 0. The summed E-state index contributed by atoms with van der Waals surface area (Å²) in [6.45, 7) is 2.62. The van der Waals surface area contributed by atoms with E-state index in [1.165, 1.54) is 17.3 Å². The van der Waals surface area contributed by atoms with Gasteiger partial charge in [0.1, 0.15) is 0 Å². The van der Waals surface area contributed by atoms with E-state index in [-0.39, 0.29) is 5.12 Å². The third kappa shape index (κ3) is 2.58. The van der Waals surface area contributed by atoms with E-state index < -0.39 is 0 Å². The summed E-state index contributed by atoms with van der Waals surface area (Å²) in [6.07, 6.45) is 2.81. The predicted octanol–water partition coefficient (Wildman–Crippen LogP) is 2.33. The second-order valence-corrected chi connectivity index (χ2v) is 6.12. The molecule has 3 nitrogen and oxygen atoms in total. The van der Waals surface area contributed by atoms with Gasteiger partial charge < -0.3 is 0 Å². The van der Waals surface area contributed by atoms with Crippen molar-refractivity contribution in [3.05, 3.63) is 47.0 Å². The summed E-state index contributed by atoms with van der Waals surface area (Å²) in [5, 5.41) is 9.70. The smallest absolute Gasteiger partial charge is 0.212 e. The number of fused-ring (bicyclic) bond motifs is 1. The number of thioether (sulfide) groups is 1. The Labute approximate surface area is 116 Å². The van der Waals surface area contributed by atoms with E-state index in [0.29, 0.717) is 5.25 Å². The van der Waals surface area contributed by atoms with Crippen molar-refractivity contribution in [1.82, 2.24) is 4.90 Å². The van der Waals surface area contributed by atoms with Gasteiger partial charge in [-0.2, -0.15) is 5.26 Å². The summed E-state index contributed by atoms with van der Waals surface area (Å²) >= 11 is 1.45. The minimum Gasteiger partial charge on any atom is -0.295 e. The second kappa shape index (κ2) is 5.20. The highest BCUT2D eigenvalue weighted by atomic mass is 32.2. The van der Waals surface area contributed by atoms with E-state index in [1.807, 2.05) is 24.3 Å². The largest absolute Gasteiger partial charge is 0.295 e. The maximum Gasteiger partial charge on any atom is 0.212 e. The molecule has 0 amide bonds. The number of rotatable bonds is 2. The van der Waals surface area contributed by atoms with Gasteiger partial charge in [-0.3, -0.25) is 9.69 Å². The molecule has 1 aromatic rings. The molecule has 0 radical (unpaired) electrons. The fourth-order valence-electron chi connectivity index (χ4n) is 2.67. The van der Waals surface area contributed by atoms with Crippen LogP contribution in [0.15, 0.2) is 35.9 Å². The first kappa shape index (κ1) is 12.5. The highest BCUT2D eigenvalue weighted by Gasteiger charge is 2.31. The minimum atomic E-state index is 0.194. The topological polar surface area (TPSA) is 44.1 Å². The molecule has 1 aromatic carbocycles. The van der Waals surface area contributed by atoms with Gasteiger partial charge in [-0.1, -0.05) is 30.0 Å². The molecular weight excluding hydrogens is 256 g/mol. The van der Waals surface area contributed by atoms with Crippen LogP contribution in [0.4, 0.5) is 0 Å². The molecule has 0 spiro atoms. The Balaban J connectivity index is 1.73. The lowest BCUT2D eigenvalue weighted by Gasteiger charge is -2.31. The van der Waals surface area contributed by atoms with Crippen molar-refractivity contribution in [2.45, 2.75) is 18.2 Å². The van der Waals surface area contributed by atoms with Crippen molar-refractivity contribution < 1.29 is 4.79 Å². The number of benzene rings is 1. The van der Waals surface area contributed by atoms with E-state index in [0.717, 1.165) is 37.2 Å². The van der Waals surface area contributed by atoms with E-state index >= 15 is 0 Å². The van der Waals surface area contributed by atoms with Gasteiger partial charge in [-0.05, 0) is 29.7 Å². The number of hydrogen-bond acceptors (Lipinski definition) is 4. The maximum atomic E-state index is 11.4. The van der Waals surface area contributed by atoms with E-state index in [2.05, 4.69) is 11.0 Å². The molecule has 4 heteroatoms. The monoisotopic (exact) mass is 270 g/mol. The zero-order valence-electron chi connectivity index (χ0n) is 10.5. The van der Waals surface area contributed by atoms with Crippen LogP contribution in [0.1, 0.15) is 17.5 Å². The Bertz CT molecular complexity index is 588. The van der Waals surface area contributed by atoms with Gasteiger partial charge >= 0.3 is 0 Å². The van der Waals surface area contributed by atoms with Crippen LogP contribution in [0.25, 0.3) is 0 Å². The Morgan fingerprint density at radius 3 is 3.11 bits per heavy atom. The van der Waals surface area contributed by atoms with Crippen molar-refractivity contribution in [2.75, 3.05) is 13.1 Å². The Morgan fingerprint density at radius 1 is 1.42 bits per heavy atom. The Morgan fingerprint density at radius 2 is 2.26 bits per heavy atom. The van der Waals surface area contributed by atoms with Crippen LogP contribution in [0.3, 0.4) is 0 Å². The molecule has 2 heterocycles. The lowest BCUT2D eigenvalue weighted by Crippen LogP contribution is -2.35. The number of nitrogens with zero attached hydrogens (tertiary/aromatic N) is 2. The first-order valence-corrected chi connectivity index (χ1v) is 7.25. The third-order valence-corrected chi connectivity index (χ3v) is 4.79. The number of nitriles is 1. The van der Waals surface area contributed by atoms with Crippen LogP contribution in [-0.4, -0.2) is 28.4 Å². The highest BCUT2D eigenvalue weighted by molar-refractivity contribution is 8.15. The second-order valence-electron chi connectivity index (χ2n) is 4.91. The molecule has 0 saturated carbocycles. The van der Waals surface area contributed by atoms with E-state index in [9.17, 15) is 4.79 Å². The fourth-order valence-corrected chi connectivity index (χ4v) is 3.68. The van der Waals surface area contributed by atoms with Gasteiger partial charge in [0.2, 0.25) is 5.12 Å². The minimum absolute atomic E-state index is 0.194. The summed E-state index contributed by atoms with van der Waals surface area (Å²) in [5.41, 5.74) is 3.06. The van der Waals surface area contributed by atoms with Crippen LogP contribution in [0, 0.1) is 11.3 Å². The highest BCUT2D eigenvalue weighted by Crippen LogP contribution is 2.34. The molecule has 96 valence electrons. The molecule has 19 heavy (non-hydrogen) atoms. The first-order chi connectivity index (χ1) is 9.26. The van der Waals surface area contributed by atoms with Crippen LogP contribution < -0.4 is 0 Å². The van der Waals surface area contributed by atoms with Crippen molar-refractivity contribution in [3.63, 3.8) is 0 Å². The average Bonchev–Trinajstić information content (AvgIpc) is 2.79. The molecule has 1 atom stereocenters. The number of hydrogen-bond donors (Lipinski definition) is 0. The van der Waals surface area contributed by atoms with Gasteiger partial charge in [-0.25, -0.2) is 0 Å². The molecule has 1 fully saturated rings. The zero-order chi connectivity index (χ0) is 13.2. The van der Waals surface area contributed by atoms with Gasteiger partial charge in [0.05, 0.1) is 11.6 Å². The lowest BCUT2D eigenvalue weighted by molar-refractivity contribution is -0.106.